The molecule has 0 saturated heterocycles. The van der Waals surface area contributed by atoms with Gasteiger partial charge in [0.25, 0.3) is 0 Å². The number of fused-ring (bicyclic) bond motifs is 1. The van der Waals surface area contributed by atoms with Gasteiger partial charge in [-0.1, -0.05) is 6.07 Å². The van der Waals surface area contributed by atoms with Crippen LogP contribution in [0.1, 0.15) is 37.7 Å². The zero-order valence-corrected chi connectivity index (χ0v) is 11.3. The van der Waals surface area contributed by atoms with E-state index in [1.54, 1.807) is 12.4 Å². The van der Waals surface area contributed by atoms with Crippen LogP contribution in [0.2, 0.25) is 0 Å². The fraction of sp³-hybridized carbons (Fsp3) is 0.375. The number of allylic oxidation sites excluding steroid dienone is 2. The van der Waals surface area contributed by atoms with Crippen LogP contribution in [0.5, 0.6) is 0 Å². The molecule has 1 fully saturated rings. The maximum atomic E-state index is 12.3. The molecular formula is C16H15N3O. The van der Waals surface area contributed by atoms with Gasteiger partial charge in [-0.15, -0.1) is 0 Å². The smallest absolute Gasteiger partial charge is 0.142 e. The second-order valence-electron chi connectivity index (χ2n) is 5.28. The summed E-state index contributed by atoms with van der Waals surface area (Å²) in [5, 5.41) is 9.46. The predicted molar refractivity (Wildman–Crippen MR) is 75.1 cm³/mol. The van der Waals surface area contributed by atoms with Gasteiger partial charge in [0.1, 0.15) is 5.78 Å². The number of aliphatic imine (C=N–C) groups is 1. The number of carbonyl (C=O) groups is 1. The molecule has 2 atom stereocenters. The van der Waals surface area contributed by atoms with Crippen LogP contribution in [0.25, 0.3) is 0 Å². The molecule has 4 nitrogen and oxygen atoms in total. The number of hydrogen-bond donors (Lipinski definition) is 0. The SMILES string of the molecule is CC1=C(C#N)C(c2cccnc2)C2C(=O)CCCC2=N1. The van der Waals surface area contributed by atoms with E-state index < -0.39 is 0 Å². The summed E-state index contributed by atoms with van der Waals surface area (Å²) in [5.41, 5.74) is 3.20. The van der Waals surface area contributed by atoms with Crippen molar-refractivity contribution in [2.45, 2.75) is 32.1 Å². The Morgan fingerprint density at radius 1 is 1.35 bits per heavy atom. The van der Waals surface area contributed by atoms with E-state index in [1.807, 2.05) is 19.1 Å². The summed E-state index contributed by atoms with van der Waals surface area (Å²) in [6, 6.07) is 6.03. The molecule has 2 unspecified atom stereocenters. The summed E-state index contributed by atoms with van der Waals surface area (Å²) in [6.45, 7) is 1.85. The summed E-state index contributed by atoms with van der Waals surface area (Å²) in [5.74, 6) is -0.288. The Kier molecular flexibility index (Phi) is 3.19. The van der Waals surface area contributed by atoms with Crippen LogP contribution in [0.3, 0.4) is 0 Å². The van der Waals surface area contributed by atoms with E-state index >= 15 is 0 Å². The summed E-state index contributed by atoms with van der Waals surface area (Å²) in [4.78, 5) is 21.0. The Morgan fingerprint density at radius 2 is 2.20 bits per heavy atom. The lowest BCUT2D eigenvalue weighted by molar-refractivity contribution is -0.121. The molecule has 1 aliphatic heterocycles. The van der Waals surface area contributed by atoms with Crippen LogP contribution in [0.15, 0.2) is 40.8 Å². The first kappa shape index (κ1) is 12.7. The van der Waals surface area contributed by atoms with Gasteiger partial charge in [0.05, 0.1) is 23.3 Å². The Hall–Kier alpha value is -2.28. The predicted octanol–water partition coefficient (Wildman–Crippen LogP) is 2.79. The first-order valence-corrected chi connectivity index (χ1v) is 6.83. The first-order valence-electron chi connectivity index (χ1n) is 6.83. The molecule has 0 amide bonds. The van der Waals surface area contributed by atoms with Crippen LogP contribution >= 0.6 is 0 Å². The Morgan fingerprint density at radius 3 is 2.90 bits per heavy atom. The molecule has 100 valence electrons. The van der Waals surface area contributed by atoms with E-state index in [9.17, 15) is 10.1 Å². The summed E-state index contributed by atoms with van der Waals surface area (Å²) in [6.07, 6.45) is 5.75. The zero-order chi connectivity index (χ0) is 14.1. The van der Waals surface area contributed by atoms with Crippen molar-refractivity contribution in [1.29, 1.82) is 5.26 Å². The van der Waals surface area contributed by atoms with Crippen LogP contribution < -0.4 is 0 Å². The third-order valence-corrected chi connectivity index (χ3v) is 4.07. The standard InChI is InChI=1S/C16H15N3O/c1-10-12(8-17)15(11-4-3-7-18-9-11)16-13(19-10)5-2-6-14(16)20/h3-4,7,9,15-16H,2,5-6H2,1H3. The minimum Gasteiger partial charge on any atom is -0.299 e. The van der Waals surface area contributed by atoms with Crippen molar-refractivity contribution in [1.82, 2.24) is 4.98 Å². The number of rotatable bonds is 1. The lowest BCUT2D eigenvalue weighted by Gasteiger charge is -2.34. The van der Waals surface area contributed by atoms with Gasteiger partial charge < -0.3 is 0 Å². The van der Waals surface area contributed by atoms with E-state index in [0.717, 1.165) is 29.8 Å². The molecule has 4 heteroatoms. The third kappa shape index (κ3) is 1.96. The third-order valence-electron chi connectivity index (χ3n) is 4.07. The van der Waals surface area contributed by atoms with Crippen molar-refractivity contribution < 1.29 is 4.79 Å². The molecule has 20 heavy (non-hydrogen) atoms. The highest BCUT2D eigenvalue weighted by molar-refractivity contribution is 6.09. The lowest BCUT2D eigenvalue weighted by atomic mass is 9.70. The molecule has 2 heterocycles. The number of hydrogen-bond acceptors (Lipinski definition) is 4. The highest BCUT2D eigenvalue weighted by Gasteiger charge is 2.41. The maximum absolute atomic E-state index is 12.3. The number of nitriles is 1. The van der Waals surface area contributed by atoms with E-state index in [1.165, 1.54) is 0 Å². The van der Waals surface area contributed by atoms with Crippen molar-refractivity contribution in [2.75, 3.05) is 0 Å². The van der Waals surface area contributed by atoms with Crippen molar-refractivity contribution in [3.63, 3.8) is 0 Å². The summed E-state index contributed by atoms with van der Waals surface area (Å²) in [7, 11) is 0. The van der Waals surface area contributed by atoms with Gasteiger partial charge in [0, 0.05) is 30.4 Å². The normalized spacial score (nSPS) is 25.8. The number of ketones is 1. The lowest BCUT2D eigenvalue weighted by Crippen LogP contribution is -2.37. The molecule has 0 aromatic carbocycles. The maximum Gasteiger partial charge on any atom is 0.142 e. The average Bonchev–Trinajstić information content (AvgIpc) is 2.47. The highest BCUT2D eigenvalue weighted by atomic mass is 16.1. The van der Waals surface area contributed by atoms with Gasteiger partial charge in [0.15, 0.2) is 0 Å². The number of aromatic nitrogens is 1. The van der Waals surface area contributed by atoms with Gasteiger partial charge in [-0.3, -0.25) is 14.8 Å². The number of carbonyl (C=O) groups excluding carboxylic acids is 1. The Balaban J connectivity index is 2.16. The highest BCUT2D eigenvalue weighted by Crippen LogP contribution is 2.41. The Labute approximate surface area is 117 Å². The second kappa shape index (κ2) is 5.01. The molecule has 1 aliphatic carbocycles. The molecule has 0 N–H and O–H groups in total. The van der Waals surface area contributed by atoms with Gasteiger partial charge in [-0.05, 0) is 31.4 Å². The zero-order valence-electron chi connectivity index (χ0n) is 11.3. The van der Waals surface area contributed by atoms with Gasteiger partial charge in [0.2, 0.25) is 0 Å². The molecule has 2 aliphatic rings. The van der Waals surface area contributed by atoms with Gasteiger partial charge in [-0.2, -0.15) is 5.26 Å². The van der Waals surface area contributed by atoms with Crippen molar-refractivity contribution >= 4 is 11.5 Å². The minimum atomic E-state index is -0.272. The molecule has 0 radical (unpaired) electrons. The number of nitrogens with zero attached hydrogens (tertiary/aromatic N) is 3. The molecule has 1 aromatic rings. The fourth-order valence-corrected chi connectivity index (χ4v) is 3.18. The first-order chi connectivity index (χ1) is 9.72. The van der Waals surface area contributed by atoms with Gasteiger partial charge in [-0.25, -0.2) is 0 Å². The minimum absolute atomic E-state index is 0.198. The van der Waals surface area contributed by atoms with Gasteiger partial charge >= 0.3 is 0 Å². The quantitative estimate of drug-likeness (QED) is 0.784. The molecule has 3 rings (SSSR count). The molecular weight excluding hydrogens is 250 g/mol. The monoisotopic (exact) mass is 265 g/mol. The molecule has 0 bridgehead atoms. The summed E-state index contributed by atoms with van der Waals surface area (Å²) < 4.78 is 0. The fourth-order valence-electron chi connectivity index (χ4n) is 3.18. The van der Waals surface area contributed by atoms with E-state index in [2.05, 4.69) is 16.0 Å². The van der Waals surface area contributed by atoms with Crippen molar-refractivity contribution in [3.8, 4) is 6.07 Å². The van der Waals surface area contributed by atoms with Crippen molar-refractivity contribution in [3.05, 3.63) is 41.4 Å². The van der Waals surface area contributed by atoms with E-state index in [-0.39, 0.29) is 17.6 Å². The second-order valence-corrected chi connectivity index (χ2v) is 5.28. The van der Waals surface area contributed by atoms with E-state index in [4.69, 9.17) is 0 Å². The average molecular weight is 265 g/mol. The van der Waals surface area contributed by atoms with Crippen LogP contribution in [-0.4, -0.2) is 16.5 Å². The molecule has 0 spiro atoms. The van der Waals surface area contributed by atoms with Crippen molar-refractivity contribution in [2.24, 2.45) is 10.9 Å². The number of Topliss-reactive ketones (excluding diaryl/α,β-unsaturated/α-hetero) is 1. The number of pyridine rings is 1. The topological polar surface area (TPSA) is 66.1 Å². The largest absolute Gasteiger partial charge is 0.299 e. The van der Waals surface area contributed by atoms with Crippen LogP contribution in [0.4, 0.5) is 0 Å². The Bertz CT molecular complexity index is 652. The summed E-state index contributed by atoms with van der Waals surface area (Å²) >= 11 is 0. The van der Waals surface area contributed by atoms with Crippen LogP contribution in [-0.2, 0) is 4.79 Å². The van der Waals surface area contributed by atoms with Crippen LogP contribution in [0, 0.1) is 17.2 Å². The molecule has 1 saturated carbocycles. The van der Waals surface area contributed by atoms with E-state index in [0.29, 0.717) is 12.0 Å². The molecule has 1 aromatic heterocycles.